The second-order valence-electron chi connectivity index (χ2n) is 6.07. The van der Waals surface area contributed by atoms with E-state index in [0.717, 1.165) is 15.5 Å². The number of thiophene rings is 1. The Balaban J connectivity index is 1.98. The van der Waals surface area contributed by atoms with Crippen molar-refractivity contribution in [1.82, 2.24) is 5.32 Å². The average molecular weight is 431 g/mol. The van der Waals surface area contributed by atoms with E-state index < -0.39 is 11.9 Å². The predicted molar refractivity (Wildman–Crippen MR) is 115 cm³/mol. The van der Waals surface area contributed by atoms with Crippen molar-refractivity contribution >= 4 is 40.7 Å². The molecule has 1 aliphatic heterocycles. The summed E-state index contributed by atoms with van der Waals surface area (Å²) in [6, 6.07) is 13.8. The number of ether oxygens (including phenoxy) is 1. The summed E-state index contributed by atoms with van der Waals surface area (Å²) in [7, 11) is 0. The molecular formula is C21H19ClN2O2S2. The van der Waals surface area contributed by atoms with Crippen molar-refractivity contribution in [3.63, 3.8) is 0 Å². The Morgan fingerprint density at radius 3 is 2.79 bits per heavy atom. The molecule has 0 radical (unpaired) electrons. The zero-order valence-corrected chi connectivity index (χ0v) is 17.9. The molecule has 1 aromatic carbocycles. The highest BCUT2D eigenvalue weighted by Gasteiger charge is 2.36. The number of nitrogens with zero attached hydrogens (tertiary/aromatic N) is 1. The zero-order valence-electron chi connectivity index (χ0n) is 15.5. The minimum absolute atomic E-state index is 0.284. The van der Waals surface area contributed by atoms with E-state index in [4.69, 9.17) is 16.3 Å². The average Bonchev–Trinajstić information content (AvgIpc) is 3.21. The van der Waals surface area contributed by atoms with Crippen LogP contribution in [0.25, 0.3) is 0 Å². The van der Waals surface area contributed by atoms with Gasteiger partial charge < -0.3 is 10.1 Å². The largest absolute Gasteiger partial charge is 0.463 e. The van der Waals surface area contributed by atoms with E-state index in [1.54, 1.807) is 6.92 Å². The van der Waals surface area contributed by atoms with Gasteiger partial charge in [-0.25, -0.2) is 4.79 Å². The summed E-state index contributed by atoms with van der Waals surface area (Å²) in [4.78, 5) is 13.6. The summed E-state index contributed by atoms with van der Waals surface area (Å²) in [6.07, 6.45) is 0. The van der Waals surface area contributed by atoms with Crippen LogP contribution < -0.4 is 5.32 Å². The molecule has 0 amide bonds. The second kappa shape index (κ2) is 9.33. The number of rotatable bonds is 6. The molecule has 0 saturated carbocycles. The maximum absolute atomic E-state index is 12.6. The van der Waals surface area contributed by atoms with Crippen LogP contribution in [0.1, 0.15) is 30.2 Å². The Bertz CT molecular complexity index is 975. The van der Waals surface area contributed by atoms with Gasteiger partial charge in [0.2, 0.25) is 0 Å². The van der Waals surface area contributed by atoms with E-state index in [-0.39, 0.29) is 6.61 Å². The van der Waals surface area contributed by atoms with Crippen LogP contribution >= 0.6 is 34.7 Å². The van der Waals surface area contributed by atoms with Gasteiger partial charge in [-0.15, -0.1) is 23.1 Å². The minimum atomic E-state index is -0.431. The van der Waals surface area contributed by atoms with Crippen molar-refractivity contribution in [3.05, 3.63) is 79.1 Å². The van der Waals surface area contributed by atoms with Crippen LogP contribution in [-0.2, 0) is 15.3 Å². The fourth-order valence-corrected chi connectivity index (χ4v) is 5.23. The van der Waals surface area contributed by atoms with Crippen LogP contribution in [0, 0.1) is 11.3 Å². The van der Waals surface area contributed by atoms with Crippen molar-refractivity contribution in [2.75, 3.05) is 6.61 Å². The molecule has 144 valence electrons. The Morgan fingerprint density at radius 2 is 2.14 bits per heavy atom. The van der Waals surface area contributed by atoms with Crippen molar-refractivity contribution < 1.29 is 9.53 Å². The number of carbonyl (C=O) groups is 1. The first-order valence-electron chi connectivity index (χ1n) is 8.75. The Morgan fingerprint density at radius 1 is 1.36 bits per heavy atom. The van der Waals surface area contributed by atoms with E-state index in [0.29, 0.717) is 27.6 Å². The first-order chi connectivity index (χ1) is 13.6. The molecule has 3 rings (SSSR count). The van der Waals surface area contributed by atoms with Gasteiger partial charge in [0, 0.05) is 21.3 Å². The van der Waals surface area contributed by atoms with Crippen molar-refractivity contribution in [2.24, 2.45) is 0 Å². The zero-order chi connectivity index (χ0) is 20.1. The van der Waals surface area contributed by atoms with Gasteiger partial charge in [0.25, 0.3) is 0 Å². The number of dihydropyridines is 1. The number of hydrogen-bond acceptors (Lipinski definition) is 6. The number of halogens is 1. The molecule has 0 bridgehead atoms. The first kappa shape index (κ1) is 20.5. The highest BCUT2D eigenvalue weighted by Crippen LogP contribution is 2.43. The number of hydrogen-bond donors (Lipinski definition) is 1. The Labute approximate surface area is 177 Å². The van der Waals surface area contributed by atoms with E-state index in [1.807, 2.05) is 48.7 Å². The number of nitriles is 1. The third-order valence-electron chi connectivity index (χ3n) is 4.30. The number of carbonyl (C=O) groups excluding carboxylic acids is 1. The molecule has 1 aliphatic rings. The molecule has 1 aromatic heterocycles. The van der Waals surface area contributed by atoms with E-state index in [2.05, 4.69) is 11.4 Å². The quantitative estimate of drug-likeness (QED) is 0.605. The Kier molecular flexibility index (Phi) is 6.84. The lowest BCUT2D eigenvalue weighted by molar-refractivity contribution is -0.138. The van der Waals surface area contributed by atoms with Gasteiger partial charge in [0.1, 0.15) is 0 Å². The highest BCUT2D eigenvalue weighted by molar-refractivity contribution is 8.02. The van der Waals surface area contributed by atoms with Crippen LogP contribution in [0.15, 0.2) is 63.7 Å². The SMILES string of the molecule is CCOC(=O)C1=C(C)NC(SCc2ccccc2Cl)=C(C#N)C1c1cccs1. The number of nitrogens with one attached hydrogen (secondary N) is 1. The molecule has 28 heavy (non-hydrogen) atoms. The lowest BCUT2D eigenvalue weighted by atomic mass is 9.87. The van der Waals surface area contributed by atoms with Crippen LogP contribution in [0.3, 0.4) is 0 Å². The third-order valence-corrected chi connectivity index (χ3v) is 6.67. The number of thioether (sulfide) groups is 1. The lowest BCUT2D eigenvalue weighted by Crippen LogP contribution is -2.28. The molecule has 2 heterocycles. The summed E-state index contributed by atoms with van der Waals surface area (Å²) in [5.41, 5.74) is 2.71. The maximum Gasteiger partial charge on any atom is 0.336 e. The van der Waals surface area contributed by atoms with Gasteiger partial charge in [-0.05, 0) is 36.9 Å². The molecule has 1 unspecified atom stereocenters. The van der Waals surface area contributed by atoms with E-state index >= 15 is 0 Å². The molecule has 0 aliphatic carbocycles. The number of allylic oxidation sites excluding steroid dienone is 2. The molecule has 0 saturated heterocycles. The van der Waals surface area contributed by atoms with Gasteiger partial charge in [-0.1, -0.05) is 35.9 Å². The van der Waals surface area contributed by atoms with E-state index in [1.165, 1.54) is 23.1 Å². The molecule has 0 spiro atoms. The standard InChI is InChI=1S/C21H19ClN2O2S2/c1-3-26-21(25)18-13(2)24-20(28-12-14-7-4-5-8-16(14)22)15(11-23)19(18)17-9-6-10-27-17/h4-10,19,24H,3,12H2,1-2H3. The Hall–Kier alpha value is -2.20. The monoisotopic (exact) mass is 430 g/mol. The van der Waals surface area contributed by atoms with Crippen molar-refractivity contribution in [1.29, 1.82) is 5.26 Å². The van der Waals surface area contributed by atoms with Crippen molar-refractivity contribution in [3.8, 4) is 6.07 Å². The summed E-state index contributed by atoms with van der Waals surface area (Å²) in [5, 5.41) is 16.6. The molecule has 0 fully saturated rings. The predicted octanol–water partition coefficient (Wildman–Crippen LogP) is 5.59. The van der Waals surface area contributed by atoms with Crippen molar-refractivity contribution in [2.45, 2.75) is 25.5 Å². The van der Waals surface area contributed by atoms with Crippen LogP contribution in [0.2, 0.25) is 5.02 Å². The third kappa shape index (κ3) is 4.27. The van der Waals surface area contributed by atoms with Gasteiger partial charge in [0.05, 0.1) is 34.8 Å². The highest BCUT2D eigenvalue weighted by atomic mass is 35.5. The normalized spacial score (nSPS) is 16.6. The smallest absolute Gasteiger partial charge is 0.336 e. The molecule has 7 heteroatoms. The van der Waals surface area contributed by atoms with Gasteiger partial charge in [-0.3, -0.25) is 0 Å². The molecule has 1 N–H and O–H groups in total. The number of esters is 1. The fraction of sp³-hybridized carbons (Fsp3) is 0.238. The number of benzene rings is 1. The molecule has 4 nitrogen and oxygen atoms in total. The topological polar surface area (TPSA) is 62.1 Å². The van der Waals surface area contributed by atoms with Gasteiger partial charge in [0.15, 0.2) is 0 Å². The molecule has 1 atom stereocenters. The van der Waals surface area contributed by atoms with Crippen LogP contribution in [-0.4, -0.2) is 12.6 Å². The van der Waals surface area contributed by atoms with E-state index in [9.17, 15) is 10.1 Å². The van der Waals surface area contributed by atoms with Crippen LogP contribution in [0.5, 0.6) is 0 Å². The lowest BCUT2D eigenvalue weighted by Gasteiger charge is -2.28. The van der Waals surface area contributed by atoms with Crippen LogP contribution in [0.4, 0.5) is 0 Å². The molecular weight excluding hydrogens is 412 g/mol. The fourth-order valence-electron chi connectivity index (χ4n) is 3.01. The first-order valence-corrected chi connectivity index (χ1v) is 11.0. The maximum atomic E-state index is 12.6. The summed E-state index contributed by atoms with van der Waals surface area (Å²) >= 11 is 9.30. The summed E-state index contributed by atoms with van der Waals surface area (Å²) in [5.74, 6) is -0.209. The minimum Gasteiger partial charge on any atom is -0.463 e. The van der Waals surface area contributed by atoms with Gasteiger partial charge in [-0.2, -0.15) is 5.26 Å². The molecule has 2 aromatic rings. The second-order valence-corrected chi connectivity index (χ2v) is 8.44. The van der Waals surface area contributed by atoms with Gasteiger partial charge >= 0.3 is 5.97 Å². The summed E-state index contributed by atoms with van der Waals surface area (Å²) < 4.78 is 5.26. The summed E-state index contributed by atoms with van der Waals surface area (Å²) in [6.45, 7) is 3.90.